The summed E-state index contributed by atoms with van der Waals surface area (Å²) in [7, 11) is 1.84. The van der Waals surface area contributed by atoms with Gasteiger partial charge in [0.05, 0.1) is 11.8 Å². The SMILES string of the molecule is Cn1cc(-c2ccc(C(N)=O)c(N)c2)cn1. The Morgan fingerprint density at radius 2 is 2.12 bits per heavy atom. The quantitative estimate of drug-likeness (QED) is 0.727. The Bertz CT molecular complexity index is 545. The van der Waals surface area contributed by atoms with E-state index in [9.17, 15) is 4.79 Å². The third-order valence-corrected chi connectivity index (χ3v) is 2.36. The molecule has 16 heavy (non-hydrogen) atoms. The fourth-order valence-corrected chi connectivity index (χ4v) is 1.54. The van der Waals surface area contributed by atoms with Crippen LogP contribution in [0.2, 0.25) is 0 Å². The number of nitrogens with two attached hydrogens (primary N) is 2. The molecule has 0 atom stereocenters. The first-order valence-electron chi connectivity index (χ1n) is 4.76. The minimum Gasteiger partial charge on any atom is -0.398 e. The fraction of sp³-hybridized carbons (Fsp3) is 0.0909. The summed E-state index contributed by atoms with van der Waals surface area (Å²) in [5.74, 6) is -0.518. The first-order chi connectivity index (χ1) is 7.58. The Morgan fingerprint density at radius 3 is 2.62 bits per heavy atom. The lowest BCUT2D eigenvalue weighted by atomic mass is 10.1. The molecule has 0 spiro atoms. The summed E-state index contributed by atoms with van der Waals surface area (Å²) >= 11 is 0. The van der Waals surface area contributed by atoms with Crippen LogP contribution in [-0.4, -0.2) is 15.7 Å². The van der Waals surface area contributed by atoms with Crippen LogP contribution in [0.1, 0.15) is 10.4 Å². The number of anilines is 1. The molecule has 0 fully saturated rings. The van der Waals surface area contributed by atoms with Crippen LogP contribution in [0, 0.1) is 0 Å². The molecule has 1 aromatic carbocycles. The molecule has 1 aromatic heterocycles. The fourth-order valence-electron chi connectivity index (χ4n) is 1.54. The second-order valence-electron chi connectivity index (χ2n) is 3.57. The van der Waals surface area contributed by atoms with Gasteiger partial charge < -0.3 is 11.5 Å². The van der Waals surface area contributed by atoms with Gasteiger partial charge in [0, 0.05) is 24.5 Å². The summed E-state index contributed by atoms with van der Waals surface area (Å²) < 4.78 is 1.70. The highest BCUT2D eigenvalue weighted by atomic mass is 16.1. The van der Waals surface area contributed by atoms with E-state index < -0.39 is 5.91 Å². The minimum atomic E-state index is -0.518. The first kappa shape index (κ1) is 10.2. The van der Waals surface area contributed by atoms with Crippen molar-refractivity contribution in [2.45, 2.75) is 0 Å². The van der Waals surface area contributed by atoms with Crippen LogP contribution < -0.4 is 11.5 Å². The molecule has 0 aliphatic carbocycles. The largest absolute Gasteiger partial charge is 0.398 e. The first-order valence-corrected chi connectivity index (χ1v) is 4.76. The number of carbonyl (C=O) groups is 1. The maximum absolute atomic E-state index is 11.0. The van der Waals surface area contributed by atoms with Crippen molar-refractivity contribution < 1.29 is 4.79 Å². The highest BCUT2D eigenvalue weighted by Gasteiger charge is 2.07. The second-order valence-corrected chi connectivity index (χ2v) is 3.57. The smallest absolute Gasteiger partial charge is 0.250 e. The van der Waals surface area contributed by atoms with Crippen LogP contribution in [0.3, 0.4) is 0 Å². The highest BCUT2D eigenvalue weighted by Crippen LogP contribution is 2.23. The average molecular weight is 216 g/mol. The minimum absolute atomic E-state index is 0.340. The molecule has 0 aliphatic heterocycles. The molecule has 82 valence electrons. The Balaban J connectivity index is 2.45. The van der Waals surface area contributed by atoms with Crippen LogP contribution in [0.15, 0.2) is 30.6 Å². The monoisotopic (exact) mass is 216 g/mol. The number of aryl methyl sites for hydroxylation is 1. The maximum atomic E-state index is 11.0. The molecule has 0 bridgehead atoms. The van der Waals surface area contributed by atoms with Crippen molar-refractivity contribution in [2.75, 3.05) is 5.73 Å². The highest BCUT2D eigenvalue weighted by molar-refractivity contribution is 5.98. The molecule has 0 saturated heterocycles. The molecule has 0 radical (unpaired) electrons. The van der Waals surface area contributed by atoms with E-state index in [0.29, 0.717) is 11.3 Å². The normalized spacial score (nSPS) is 10.3. The zero-order valence-corrected chi connectivity index (χ0v) is 8.84. The molecular formula is C11H12N4O. The van der Waals surface area contributed by atoms with Crippen molar-refractivity contribution in [3.05, 3.63) is 36.2 Å². The van der Waals surface area contributed by atoms with Gasteiger partial charge in [-0.25, -0.2) is 0 Å². The summed E-state index contributed by atoms with van der Waals surface area (Å²) in [4.78, 5) is 11.0. The van der Waals surface area contributed by atoms with E-state index in [1.54, 1.807) is 29.1 Å². The van der Waals surface area contributed by atoms with Crippen LogP contribution in [0.25, 0.3) is 11.1 Å². The molecule has 4 N–H and O–H groups in total. The van der Waals surface area contributed by atoms with Crippen molar-refractivity contribution in [3.63, 3.8) is 0 Å². The third-order valence-electron chi connectivity index (χ3n) is 2.36. The molecule has 2 rings (SSSR count). The predicted molar refractivity (Wildman–Crippen MR) is 61.6 cm³/mol. The molecule has 5 nitrogen and oxygen atoms in total. The number of hydrogen-bond donors (Lipinski definition) is 2. The van der Waals surface area contributed by atoms with Crippen LogP contribution in [0.5, 0.6) is 0 Å². The number of hydrogen-bond acceptors (Lipinski definition) is 3. The van der Waals surface area contributed by atoms with Crippen LogP contribution in [0.4, 0.5) is 5.69 Å². The Hall–Kier alpha value is -2.30. The number of nitrogen functional groups attached to an aromatic ring is 1. The predicted octanol–water partition coefficient (Wildman–Crippen LogP) is 0.768. The number of aromatic nitrogens is 2. The lowest BCUT2D eigenvalue weighted by Crippen LogP contribution is -2.13. The van der Waals surface area contributed by atoms with Crippen molar-refractivity contribution in [2.24, 2.45) is 12.8 Å². The van der Waals surface area contributed by atoms with Crippen molar-refractivity contribution in [1.29, 1.82) is 0 Å². The van der Waals surface area contributed by atoms with Crippen molar-refractivity contribution in [3.8, 4) is 11.1 Å². The second kappa shape index (κ2) is 3.69. The van der Waals surface area contributed by atoms with E-state index in [4.69, 9.17) is 11.5 Å². The van der Waals surface area contributed by atoms with E-state index in [0.717, 1.165) is 11.1 Å². The maximum Gasteiger partial charge on any atom is 0.250 e. The zero-order chi connectivity index (χ0) is 11.7. The van der Waals surface area contributed by atoms with Gasteiger partial charge in [-0.2, -0.15) is 5.10 Å². The molecule has 0 aliphatic rings. The van der Waals surface area contributed by atoms with E-state index in [1.807, 2.05) is 13.2 Å². The molecule has 5 heteroatoms. The standard InChI is InChI=1S/C11H12N4O/c1-15-6-8(5-14-15)7-2-3-9(11(13)16)10(12)4-7/h2-6H,12H2,1H3,(H2,13,16). The van der Waals surface area contributed by atoms with Gasteiger partial charge in [-0.15, -0.1) is 0 Å². The molecular weight excluding hydrogens is 204 g/mol. The third kappa shape index (κ3) is 1.75. The Kier molecular flexibility index (Phi) is 2.36. The topological polar surface area (TPSA) is 86.9 Å². The van der Waals surface area contributed by atoms with Crippen LogP contribution in [-0.2, 0) is 7.05 Å². The van der Waals surface area contributed by atoms with Crippen molar-refractivity contribution in [1.82, 2.24) is 9.78 Å². The number of nitrogens with zero attached hydrogens (tertiary/aromatic N) is 2. The Morgan fingerprint density at radius 1 is 1.38 bits per heavy atom. The molecule has 1 heterocycles. The average Bonchev–Trinajstić information content (AvgIpc) is 2.64. The Labute approximate surface area is 92.7 Å². The van der Waals surface area contributed by atoms with Gasteiger partial charge in [0.15, 0.2) is 0 Å². The van der Waals surface area contributed by atoms with Crippen LogP contribution >= 0.6 is 0 Å². The van der Waals surface area contributed by atoms with Crippen molar-refractivity contribution >= 4 is 11.6 Å². The lowest BCUT2D eigenvalue weighted by molar-refractivity contribution is 0.100. The number of benzene rings is 1. The summed E-state index contributed by atoms with van der Waals surface area (Å²) in [5, 5.41) is 4.06. The van der Waals surface area contributed by atoms with Gasteiger partial charge in [-0.05, 0) is 17.7 Å². The summed E-state index contributed by atoms with van der Waals surface area (Å²) in [6.45, 7) is 0. The number of carbonyl (C=O) groups excluding carboxylic acids is 1. The van der Waals surface area contributed by atoms with E-state index in [1.165, 1.54) is 0 Å². The molecule has 2 aromatic rings. The van der Waals surface area contributed by atoms with Gasteiger partial charge in [0.2, 0.25) is 0 Å². The van der Waals surface area contributed by atoms with E-state index >= 15 is 0 Å². The summed E-state index contributed by atoms with van der Waals surface area (Å²) in [5.41, 5.74) is 13.5. The number of primary amides is 1. The molecule has 0 unspecified atom stereocenters. The van der Waals surface area contributed by atoms with Gasteiger partial charge in [-0.1, -0.05) is 6.07 Å². The van der Waals surface area contributed by atoms with E-state index in [2.05, 4.69) is 5.10 Å². The van der Waals surface area contributed by atoms with Gasteiger partial charge in [0.25, 0.3) is 5.91 Å². The molecule has 0 saturated carbocycles. The zero-order valence-electron chi connectivity index (χ0n) is 8.84. The molecule has 1 amide bonds. The van der Waals surface area contributed by atoms with Gasteiger partial charge in [-0.3, -0.25) is 9.48 Å². The summed E-state index contributed by atoms with van der Waals surface area (Å²) in [6.07, 6.45) is 3.61. The van der Waals surface area contributed by atoms with E-state index in [-0.39, 0.29) is 0 Å². The number of rotatable bonds is 2. The van der Waals surface area contributed by atoms with Gasteiger partial charge >= 0.3 is 0 Å². The lowest BCUT2D eigenvalue weighted by Gasteiger charge is -2.03. The van der Waals surface area contributed by atoms with Gasteiger partial charge in [0.1, 0.15) is 0 Å². The summed E-state index contributed by atoms with van der Waals surface area (Å²) in [6, 6.07) is 5.14. The number of amides is 1.